The standard InChI is InChI=1S/C18H25N3O2/c1-14(2)10-17(21-6-8-23-9-7-21)13-20-18(22)16-5-3-4-15(11-16)12-19/h3-5,11,14,17H,6-10,13H2,1-2H3,(H,20,22). The van der Waals surface area contributed by atoms with Gasteiger partial charge in [0.15, 0.2) is 0 Å². The molecular formula is C18H25N3O2. The smallest absolute Gasteiger partial charge is 0.251 e. The van der Waals surface area contributed by atoms with Crippen LogP contribution in [0, 0.1) is 17.2 Å². The summed E-state index contributed by atoms with van der Waals surface area (Å²) < 4.78 is 5.42. The number of hydrogen-bond acceptors (Lipinski definition) is 4. The molecule has 1 heterocycles. The number of ether oxygens (including phenoxy) is 1. The van der Waals surface area contributed by atoms with Crippen molar-refractivity contribution in [2.24, 2.45) is 5.92 Å². The Morgan fingerprint density at radius 3 is 2.78 bits per heavy atom. The number of morpholine rings is 1. The van der Waals surface area contributed by atoms with Gasteiger partial charge in [-0.3, -0.25) is 9.69 Å². The van der Waals surface area contributed by atoms with E-state index in [1.807, 2.05) is 0 Å². The van der Waals surface area contributed by atoms with Gasteiger partial charge in [0, 0.05) is 31.2 Å². The largest absolute Gasteiger partial charge is 0.379 e. The second kappa shape index (κ2) is 8.66. The molecule has 5 nitrogen and oxygen atoms in total. The van der Waals surface area contributed by atoms with Crippen LogP contribution in [0.1, 0.15) is 36.2 Å². The summed E-state index contributed by atoms with van der Waals surface area (Å²) in [7, 11) is 0. The number of amides is 1. The van der Waals surface area contributed by atoms with Crippen molar-refractivity contribution >= 4 is 5.91 Å². The Bertz CT molecular complexity index is 560. The van der Waals surface area contributed by atoms with E-state index < -0.39 is 0 Å². The molecule has 2 rings (SSSR count). The Morgan fingerprint density at radius 1 is 1.39 bits per heavy atom. The second-order valence-electron chi connectivity index (χ2n) is 6.33. The summed E-state index contributed by atoms with van der Waals surface area (Å²) in [5.74, 6) is 0.450. The molecule has 0 saturated carbocycles. The first-order valence-electron chi connectivity index (χ1n) is 8.20. The van der Waals surface area contributed by atoms with E-state index >= 15 is 0 Å². The lowest BCUT2D eigenvalue weighted by Crippen LogP contribution is -2.49. The number of hydrogen-bond donors (Lipinski definition) is 1. The summed E-state index contributed by atoms with van der Waals surface area (Å²) in [6.45, 7) is 8.36. The molecule has 0 spiro atoms. The molecule has 0 aliphatic carbocycles. The molecule has 1 atom stereocenters. The van der Waals surface area contributed by atoms with Gasteiger partial charge in [0.1, 0.15) is 0 Å². The lowest BCUT2D eigenvalue weighted by Gasteiger charge is -2.35. The van der Waals surface area contributed by atoms with Crippen LogP contribution in [0.5, 0.6) is 0 Å². The summed E-state index contributed by atoms with van der Waals surface area (Å²) in [6, 6.07) is 9.19. The van der Waals surface area contributed by atoms with Gasteiger partial charge in [-0.15, -0.1) is 0 Å². The molecule has 1 aliphatic rings. The highest BCUT2D eigenvalue weighted by atomic mass is 16.5. The van der Waals surface area contributed by atoms with Crippen molar-refractivity contribution < 1.29 is 9.53 Å². The van der Waals surface area contributed by atoms with Crippen LogP contribution in [-0.4, -0.2) is 49.7 Å². The van der Waals surface area contributed by atoms with Crippen molar-refractivity contribution in [3.8, 4) is 6.07 Å². The molecule has 5 heteroatoms. The molecule has 1 fully saturated rings. The third-order valence-corrected chi connectivity index (χ3v) is 4.06. The highest BCUT2D eigenvalue weighted by Gasteiger charge is 2.22. The maximum Gasteiger partial charge on any atom is 0.251 e. The van der Waals surface area contributed by atoms with Gasteiger partial charge in [0.2, 0.25) is 0 Å². The summed E-state index contributed by atoms with van der Waals surface area (Å²) >= 11 is 0. The fourth-order valence-corrected chi connectivity index (χ4v) is 2.89. The van der Waals surface area contributed by atoms with Crippen molar-refractivity contribution in [3.05, 3.63) is 35.4 Å². The van der Waals surface area contributed by atoms with Gasteiger partial charge in [0.25, 0.3) is 5.91 Å². The molecule has 1 saturated heterocycles. The Labute approximate surface area is 138 Å². The minimum atomic E-state index is -0.121. The maximum atomic E-state index is 12.3. The maximum absolute atomic E-state index is 12.3. The van der Waals surface area contributed by atoms with Gasteiger partial charge in [-0.1, -0.05) is 19.9 Å². The van der Waals surface area contributed by atoms with Gasteiger partial charge < -0.3 is 10.1 Å². The second-order valence-corrected chi connectivity index (χ2v) is 6.33. The van der Waals surface area contributed by atoms with E-state index in [0.717, 1.165) is 32.7 Å². The van der Waals surface area contributed by atoms with E-state index in [9.17, 15) is 4.79 Å². The number of carbonyl (C=O) groups excluding carboxylic acids is 1. The zero-order chi connectivity index (χ0) is 16.7. The number of nitriles is 1. The van der Waals surface area contributed by atoms with Crippen molar-refractivity contribution in [1.29, 1.82) is 5.26 Å². The van der Waals surface area contributed by atoms with E-state index in [1.165, 1.54) is 0 Å². The van der Waals surface area contributed by atoms with Crippen molar-refractivity contribution in [2.75, 3.05) is 32.8 Å². The van der Waals surface area contributed by atoms with E-state index in [0.29, 0.717) is 29.6 Å². The first kappa shape index (κ1) is 17.5. The van der Waals surface area contributed by atoms with Crippen LogP contribution < -0.4 is 5.32 Å². The molecule has 23 heavy (non-hydrogen) atoms. The molecule has 0 aromatic heterocycles. The quantitative estimate of drug-likeness (QED) is 0.872. The minimum absolute atomic E-state index is 0.121. The third-order valence-electron chi connectivity index (χ3n) is 4.06. The first-order chi connectivity index (χ1) is 11.1. The summed E-state index contributed by atoms with van der Waals surface area (Å²) in [6.07, 6.45) is 1.04. The fraction of sp³-hybridized carbons (Fsp3) is 0.556. The van der Waals surface area contributed by atoms with Crippen LogP contribution in [0.15, 0.2) is 24.3 Å². The zero-order valence-electron chi connectivity index (χ0n) is 13.9. The lowest BCUT2D eigenvalue weighted by molar-refractivity contribution is 0.0124. The lowest BCUT2D eigenvalue weighted by atomic mass is 10.0. The molecular weight excluding hydrogens is 290 g/mol. The number of nitrogens with zero attached hydrogens (tertiary/aromatic N) is 2. The van der Waals surface area contributed by atoms with Crippen LogP contribution in [0.25, 0.3) is 0 Å². The van der Waals surface area contributed by atoms with Gasteiger partial charge in [-0.25, -0.2) is 0 Å². The molecule has 1 N–H and O–H groups in total. The van der Waals surface area contributed by atoms with Gasteiger partial charge in [-0.2, -0.15) is 5.26 Å². The SMILES string of the molecule is CC(C)CC(CNC(=O)c1cccc(C#N)c1)N1CCOCC1. The van der Waals surface area contributed by atoms with Crippen LogP contribution in [0.3, 0.4) is 0 Å². The predicted molar refractivity (Wildman–Crippen MR) is 89.1 cm³/mol. The van der Waals surface area contributed by atoms with Gasteiger partial charge >= 0.3 is 0 Å². The van der Waals surface area contributed by atoms with Crippen LogP contribution >= 0.6 is 0 Å². The Hall–Kier alpha value is -1.90. The van der Waals surface area contributed by atoms with Crippen molar-refractivity contribution in [2.45, 2.75) is 26.3 Å². The Kier molecular flexibility index (Phi) is 6.57. The average Bonchev–Trinajstić information content (AvgIpc) is 2.58. The van der Waals surface area contributed by atoms with Crippen LogP contribution in [0.2, 0.25) is 0 Å². The molecule has 1 aliphatic heterocycles. The first-order valence-corrected chi connectivity index (χ1v) is 8.20. The van der Waals surface area contributed by atoms with E-state index in [-0.39, 0.29) is 5.91 Å². The fourth-order valence-electron chi connectivity index (χ4n) is 2.89. The number of nitrogens with one attached hydrogen (secondary N) is 1. The molecule has 1 amide bonds. The molecule has 1 unspecified atom stereocenters. The van der Waals surface area contributed by atoms with E-state index in [1.54, 1.807) is 24.3 Å². The molecule has 124 valence electrons. The molecule has 1 aromatic rings. The zero-order valence-corrected chi connectivity index (χ0v) is 13.9. The molecule has 0 bridgehead atoms. The average molecular weight is 315 g/mol. The highest BCUT2D eigenvalue weighted by Crippen LogP contribution is 2.13. The monoisotopic (exact) mass is 315 g/mol. The third kappa shape index (κ3) is 5.34. The van der Waals surface area contributed by atoms with Crippen LogP contribution in [0.4, 0.5) is 0 Å². The predicted octanol–water partition coefficient (Wildman–Crippen LogP) is 2.03. The molecule has 1 aromatic carbocycles. The number of rotatable bonds is 6. The van der Waals surface area contributed by atoms with Crippen molar-refractivity contribution in [1.82, 2.24) is 10.2 Å². The van der Waals surface area contributed by atoms with Crippen molar-refractivity contribution in [3.63, 3.8) is 0 Å². The Balaban J connectivity index is 1.96. The van der Waals surface area contributed by atoms with Crippen LogP contribution in [-0.2, 0) is 4.74 Å². The van der Waals surface area contributed by atoms with E-state index in [4.69, 9.17) is 10.00 Å². The number of carbonyl (C=O) groups is 1. The topological polar surface area (TPSA) is 65.4 Å². The van der Waals surface area contributed by atoms with Gasteiger partial charge in [0.05, 0.1) is 24.8 Å². The van der Waals surface area contributed by atoms with Gasteiger partial charge in [-0.05, 0) is 30.5 Å². The summed E-state index contributed by atoms with van der Waals surface area (Å²) in [4.78, 5) is 14.7. The summed E-state index contributed by atoms with van der Waals surface area (Å²) in [5.41, 5.74) is 1.04. The Morgan fingerprint density at radius 2 is 2.13 bits per heavy atom. The number of benzene rings is 1. The molecule has 0 radical (unpaired) electrons. The van der Waals surface area contributed by atoms with E-state index in [2.05, 4.69) is 30.1 Å². The normalized spacial score (nSPS) is 16.8. The minimum Gasteiger partial charge on any atom is -0.379 e. The summed E-state index contributed by atoms with van der Waals surface area (Å²) in [5, 5.41) is 12.0. The highest BCUT2D eigenvalue weighted by molar-refractivity contribution is 5.94.